The highest BCUT2D eigenvalue weighted by Crippen LogP contribution is 2.07. The van der Waals surface area contributed by atoms with E-state index in [1.807, 2.05) is 30.7 Å². The zero-order chi connectivity index (χ0) is 9.84. The first-order valence-electron chi connectivity index (χ1n) is 4.06. The fourth-order valence-electron chi connectivity index (χ4n) is 1.09. The van der Waals surface area contributed by atoms with Crippen LogP contribution in [-0.4, -0.2) is 22.5 Å². The van der Waals surface area contributed by atoms with Crippen LogP contribution in [0.2, 0.25) is 0 Å². The van der Waals surface area contributed by atoms with Crippen LogP contribution in [0.3, 0.4) is 0 Å². The molecule has 1 heterocycles. The van der Waals surface area contributed by atoms with Crippen LogP contribution >= 0.6 is 0 Å². The molecule has 1 aromatic heterocycles. The molecule has 0 unspecified atom stereocenters. The van der Waals surface area contributed by atoms with Crippen LogP contribution < -0.4 is 5.32 Å². The lowest BCUT2D eigenvalue weighted by Crippen LogP contribution is -2.19. The van der Waals surface area contributed by atoms with E-state index in [4.69, 9.17) is 0 Å². The summed E-state index contributed by atoms with van der Waals surface area (Å²) in [5, 5.41) is 2.54. The second-order valence-corrected chi connectivity index (χ2v) is 2.67. The van der Waals surface area contributed by atoms with E-state index in [-0.39, 0.29) is 5.91 Å². The monoisotopic (exact) mass is 179 g/mol. The first-order valence-corrected chi connectivity index (χ1v) is 4.06. The summed E-state index contributed by atoms with van der Waals surface area (Å²) < 4.78 is 1.81. The summed E-state index contributed by atoms with van der Waals surface area (Å²) in [6, 6.07) is 0. The average molecular weight is 179 g/mol. The predicted molar refractivity (Wildman–Crippen MR) is 51.3 cm³/mol. The van der Waals surface area contributed by atoms with Crippen molar-refractivity contribution in [2.75, 3.05) is 7.05 Å². The Morgan fingerprint density at radius 2 is 2.38 bits per heavy atom. The Kier molecular flexibility index (Phi) is 2.84. The molecule has 0 aliphatic heterocycles. The van der Waals surface area contributed by atoms with Crippen LogP contribution in [0.5, 0.6) is 0 Å². The van der Waals surface area contributed by atoms with Gasteiger partial charge in [0, 0.05) is 14.1 Å². The van der Waals surface area contributed by atoms with Gasteiger partial charge in [0.25, 0.3) is 5.91 Å². The van der Waals surface area contributed by atoms with Crippen LogP contribution in [0.25, 0.3) is 6.08 Å². The van der Waals surface area contributed by atoms with Gasteiger partial charge in [-0.25, -0.2) is 4.98 Å². The molecule has 0 bridgehead atoms. The Labute approximate surface area is 77.3 Å². The Morgan fingerprint density at radius 1 is 1.69 bits per heavy atom. The van der Waals surface area contributed by atoms with Crippen LogP contribution in [-0.2, 0) is 7.05 Å². The second kappa shape index (κ2) is 3.89. The topological polar surface area (TPSA) is 46.9 Å². The van der Waals surface area contributed by atoms with Crippen molar-refractivity contribution in [3.63, 3.8) is 0 Å². The smallest absolute Gasteiger partial charge is 0.271 e. The molecule has 0 saturated heterocycles. The molecule has 0 saturated carbocycles. The van der Waals surface area contributed by atoms with Crippen LogP contribution in [0.15, 0.2) is 12.4 Å². The molecule has 0 fully saturated rings. The molecule has 0 aromatic carbocycles. The van der Waals surface area contributed by atoms with E-state index in [0.717, 1.165) is 5.69 Å². The minimum Gasteiger partial charge on any atom is -0.354 e. The van der Waals surface area contributed by atoms with Crippen molar-refractivity contribution in [2.24, 2.45) is 7.05 Å². The molecule has 0 atom stereocenters. The first kappa shape index (κ1) is 9.51. The number of allylic oxidation sites excluding steroid dienone is 1. The van der Waals surface area contributed by atoms with Crippen LogP contribution in [0.4, 0.5) is 0 Å². The molecule has 70 valence electrons. The number of imidazole rings is 1. The lowest BCUT2D eigenvalue weighted by atomic mass is 10.3. The lowest BCUT2D eigenvalue weighted by Gasteiger charge is -1.98. The maximum Gasteiger partial charge on any atom is 0.271 e. The van der Waals surface area contributed by atoms with E-state index in [2.05, 4.69) is 10.3 Å². The summed E-state index contributed by atoms with van der Waals surface area (Å²) in [6.45, 7) is 1.90. The Morgan fingerprint density at radius 3 is 2.92 bits per heavy atom. The molecule has 1 N–H and O–H groups in total. The van der Waals surface area contributed by atoms with Crippen LogP contribution in [0, 0.1) is 0 Å². The Hall–Kier alpha value is -1.58. The largest absolute Gasteiger partial charge is 0.354 e. The lowest BCUT2D eigenvalue weighted by molar-refractivity contribution is 0.0958. The molecule has 1 rings (SSSR count). The first-order chi connectivity index (χ1) is 6.20. The zero-order valence-corrected chi connectivity index (χ0v) is 8.03. The SMILES string of the molecule is C/C=C/c1c(C(=O)NC)ncn1C. The van der Waals surface area contributed by atoms with Gasteiger partial charge in [0.2, 0.25) is 0 Å². The summed E-state index contributed by atoms with van der Waals surface area (Å²) in [6.07, 6.45) is 5.36. The third-order valence-corrected chi connectivity index (χ3v) is 1.75. The van der Waals surface area contributed by atoms with Gasteiger partial charge in [0.05, 0.1) is 12.0 Å². The second-order valence-electron chi connectivity index (χ2n) is 2.67. The summed E-state index contributed by atoms with van der Waals surface area (Å²) in [4.78, 5) is 15.3. The normalized spacial score (nSPS) is 10.7. The molecule has 1 aromatic rings. The highest BCUT2D eigenvalue weighted by Gasteiger charge is 2.12. The predicted octanol–water partition coefficient (Wildman–Crippen LogP) is 0.813. The number of nitrogens with one attached hydrogen (secondary N) is 1. The highest BCUT2D eigenvalue weighted by atomic mass is 16.1. The molecule has 0 radical (unpaired) electrons. The molecule has 1 amide bonds. The van der Waals surface area contributed by atoms with E-state index in [9.17, 15) is 4.79 Å². The fourth-order valence-corrected chi connectivity index (χ4v) is 1.09. The maximum absolute atomic E-state index is 11.3. The minimum absolute atomic E-state index is 0.159. The Bertz CT molecular complexity index is 339. The molecule has 0 aliphatic rings. The molecular weight excluding hydrogens is 166 g/mol. The summed E-state index contributed by atoms with van der Waals surface area (Å²) in [7, 11) is 3.45. The van der Waals surface area contributed by atoms with Crippen molar-refractivity contribution in [1.82, 2.24) is 14.9 Å². The number of aryl methyl sites for hydroxylation is 1. The molecule has 13 heavy (non-hydrogen) atoms. The maximum atomic E-state index is 11.3. The van der Waals surface area contributed by atoms with Crippen molar-refractivity contribution in [3.8, 4) is 0 Å². The zero-order valence-electron chi connectivity index (χ0n) is 8.03. The molecule has 0 aliphatic carbocycles. The van der Waals surface area contributed by atoms with Crippen LogP contribution in [0.1, 0.15) is 23.1 Å². The summed E-state index contributed by atoms with van der Waals surface area (Å²) in [5.74, 6) is -0.159. The van der Waals surface area contributed by atoms with Gasteiger partial charge in [0.15, 0.2) is 5.69 Å². The fraction of sp³-hybridized carbons (Fsp3) is 0.333. The van der Waals surface area contributed by atoms with Crippen molar-refractivity contribution >= 4 is 12.0 Å². The quantitative estimate of drug-likeness (QED) is 0.730. The van der Waals surface area contributed by atoms with Crippen molar-refractivity contribution in [2.45, 2.75) is 6.92 Å². The molecule has 0 spiro atoms. The van der Waals surface area contributed by atoms with Gasteiger partial charge in [0.1, 0.15) is 0 Å². The number of carbonyl (C=O) groups excluding carboxylic acids is 1. The van der Waals surface area contributed by atoms with Crippen molar-refractivity contribution in [3.05, 3.63) is 23.8 Å². The number of hydrogen-bond donors (Lipinski definition) is 1. The number of carbonyl (C=O) groups is 1. The molecule has 4 heteroatoms. The standard InChI is InChI=1S/C9H13N3O/c1-4-5-7-8(9(13)10-2)11-6-12(7)3/h4-6H,1-3H3,(H,10,13)/b5-4+. The number of nitrogens with zero attached hydrogens (tertiary/aromatic N) is 2. The van der Waals surface area contributed by atoms with Gasteiger partial charge >= 0.3 is 0 Å². The van der Waals surface area contributed by atoms with E-state index in [1.165, 1.54) is 0 Å². The number of rotatable bonds is 2. The van der Waals surface area contributed by atoms with Crippen molar-refractivity contribution < 1.29 is 4.79 Å². The number of aromatic nitrogens is 2. The Balaban J connectivity index is 3.14. The summed E-state index contributed by atoms with van der Waals surface area (Å²) >= 11 is 0. The van der Waals surface area contributed by atoms with E-state index in [0.29, 0.717) is 5.69 Å². The molecular formula is C9H13N3O. The highest BCUT2D eigenvalue weighted by molar-refractivity contribution is 5.95. The van der Waals surface area contributed by atoms with E-state index in [1.54, 1.807) is 13.4 Å². The summed E-state index contributed by atoms with van der Waals surface area (Å²) in [5.41, 5.74) is 1.28. The van der Waals surface area contributed by atoms with E-state index >= 15 is 0 Å². The van der Waals surface area contributed by atoms with Gasteiger partial charge < -0.3 is 9.88 Å². The number of hydrogen-bond acceptors (Lipinski definition) is 2. The number of amides is 1. The van der Waals surface area contributed by atoms with Gasteiger partial charge in [-0.3, -0.25) is 4.79 Å². The van der Waals surface area contributed by atoms with Gasteiger partial charge in [-0.1, -0.05) is 6.08 Å². The third kappa shape index (κ3) is 1.77. The van der Waals surface area contributed by atoms with E-state index < -0.39 is 0 Å². The molecule has 4 nitrogen and oxygen atoms in total. The van der Waals surface area contributed by atoms with Gasteiger partial charge in [-0.2, -0.15) is 0 Å². The van der Waals surface area contributed by atoms with Crippen molar-refractivity contribution in [1.29, 1.82) is 0 Å². The van der Waals surface area contributed by atoms with Gasteiger partial charge in [-0.15, -0.1) is 0 Å². The average Bonchev–Trinajstić information content (AvgIpc) is 2.48. The van der Waals surface area contributed by atoms with Gasteiger partial charge in [-0.05, 0) is 13.0 Å². The third-order valence-electron chi connectivity index (χ3n) is 1.75. The minimum atomic E-state index is -0.159.